The van der Waals surface area contributed by atoms with E-state index in [1.54, 1.807) is 0 Å². The molecule has 0 aromatic carbocycles. The molecule has 0 unspecified atom stereocenters. The van der Waals surface area contributed by atoms with E-state index < -0.39 is 0 Å². The van der Waals surface area contributed by atoms with Gasteiger partial charge in [-0.05, 0) is 19.4 Å². The molecule has 4 nitrogen and oxygen atoms in total. The van der Waals surface area contributed by atoms with Gasteiger partial charge in [-0.1, -0.05) is 0 Å². The number of rotatable bonds is 4. The van der Waals surface area contributed by atoms with E-state index in [9.17, 15) is 5.11 Å². The van der Waals surface area contributed by atoms with E-state index in [4.69, 9.17) is 4.74 Å². The first-order chi connectivity index (χ1) is 7.40. The van der Waals surface area contributed by atoms with Crippen LogP contribution in [0, 0.1) is 0 Å². The second-order valence-electron chi connectivity index (χ2n) is 4.47. The van der Waals surface area contributed by atoms with Crippen molar-refractivity contribution in [2.45, 2.75) is 18.9 Å². The number of hydrogen-bond acceptors (Lipinski definition) is 4. The van der Waals surface area contributed by atoms with E-state index in [1.165, 1.54) is 12.8 Å². The van der Waals surface area contributed by atoms with Crippen molar-refractivity contribution in [2.75, 3.05) is 52.5 Å². The smallest absolute Gasteiger partial charge is 0.0594 e. The normalized spacial score (nSPS) is 29.8. The lowest BCUT2D eigenvalue weighted by Crippen LogP contribution is -2.43. The number of likely N-dealkylation sites (tertiary alicyclic amines) is 1. The maximum Gasteiger partial charge on any atom is 0.0594 e. The summed E-state index contributed by atoms with van der Waals surface area (Å²) >= 11 is 0. The van der Waals surface area contributed by atoms with Crippen LogP contribution in [0.1, 0.15) is 12.8 Å². The number of nitrogens with zero attached hydrogens (tertiary/aromatic N) is 2. The molecule has 0 radical (unpaired) electrons. The average Bonchev–Trinajstić information content (AvgIpc) is 2.75. The molecule has 0 saturated carbocycles. The summed E-state index contributed by atoms with van der Waals surface area (Å²) in [6.07, 6.45) is 2.41. The zero-order chi connectivity index (χ0) is 10.5. The van der Waals surface area contributed by atoms with Gasteiger partial charge in [0.15, 0.2) is 0 Å². The van der Waals surface area contributed by atoms with Gasteiger partial charge in [-0.25, -0.2) is 0 Å². The minimum absolute atomic E-state index is 0.323. The van der Waals surface area contributed by atoms with Crippen LogP contribution in [0.3, 0.4) is 0 Å². The van der Waals surface area contributed by atoms with Crippen LogP contribution >= 0.6 is 0 Å². The van der Waals surface area contributed by atoms with Gasteiger partial charge in [0.25, 0.3) is 0 Å². The van der Waals surface area contributed by atoms with Crippen LogP contribution in [0.25, 0.3) is 0 Å². The fraction of sp³-hybridized carbons (Fsp3) is 1.00. The quantitative estimate of drug-likeness (QED) is 0.701. The highest BCUT2D eigenvalue weighted by Crippen LogP contribution is 2.16. The van der Waals surface area contributed by atoms with Crippen LogP contribution in [0.2, 0.25) is 0 Å². The molecule has 1 atom stereocenters. The van der Waals surface area contributed by atoms with E-state index in [2.05, 4.69) is 9.80 Å². The molecular formula is C11H22N2O2. The van der Waals surface area contributed by atoms with Crippen LogP contribution in [0.15, 0.2) is 0 Å². The van der Waals surface area contributed by atoms with Gasteiger partial charge >= 0.3 is 0 Å². The van der Waals surface area contributed by atoms with Crippen LogP contribution in [-0.2, 0) is 4.74 Å². The maximum absolute atomic E-state index is 9.20. The first-order valence-electron chi connectivity index (χ1n) is 6.05. The van der Waals surface area contributed by atoms with Crippen LogP contribution in [0.5, 0.6) is 0 Å². The SMILES string of the molecule is OC[C@H]1CCCN1CCN1CCOCC1. The Labute approximate surface area is 91.8 Å². The van der Waals surface area contributed by atoms with Gasteiger partial charge in [0.1, 0.15) is 0 Å². The van der Waals surface area contributed by atoms with E-state index in [-0.39, 0.29) is 0 Å². The maximum atomic E-state index is 9.20. The molecule has 0 aliphatic carbocycles. The molecule has 0 bridgehead atoms. The topological polar surface area (TPSA) is 35.9 Å². The summed E-state index contributed by atoms with van der Waals surface area (Å²) in [7, 11) is 0. The standard InChI is InChI=1S/C11H22N2O2/c14-10-11-2-1-3-13(11)5-4-12-6-8-15-9-7-12/h11,14H,1-10H2/t11-/m1/s1. The number of aliphatic hydroxyl groups is 1. The molecule has 0 aromatic heterocycles. The second kappa shape index (κ2) is 5.80. The first kappa shape index (κ1) is 11.3. The molecule has 2 aliphatic rings. The van der Waals surface area contributed by atoms with Crippen LogP contribution in [0.4, 0.5) is 0 Å². The zero-order valence-electron chi connectivity index (χ0n) is 9.40. The fourth-order valence-electron chi connectivity index (χ4n) is 2.49. The van der Waals surface area contributed by atoms with Crippen molar-refractivity contribution >= 4 is 0 Å². The van der Waals surface area contributed by atoms with Crippen molar-refractivity contribution < 1.29 is 9.84 Å². The summed E-state index contributed by atoms with van der Waals surface area (Å²) < 4.78 is 5.32. The van der Waals surface area contributed by atoms with Gasteiger partial charge in [0, 0.05) is 32.2 Å². The van der Waals surface area contributed by atoms with Crippen molar-refractivity contribution in [3.8, 4) is 0 Å². The molecule has 2 rings (SSSR count). The van der Waals surface area contributed by atoms with Gasteiger partial charge in [-0.3, -0.25) is 9.80 Å². The van der Waals surface area contributed by atoms with E-state index >= 15 is 0 Å². The molecule has 0 spiro atoms. The Kier molecular flexibility index (Phi) is 4.38. The van der Waals surface area contributed by atoms with Gasteiger partial charge in [-0.15, -0.1) is 0 Å². The molecule has 0 aromatic rings. The number of morpholine rings is 1. The Bertz CT molecular complexity index is 183. The van der Waals surface area contributed by atoms with Crippen LogP contribution < -0.4 is 0 Å². The minimum Gasteiger partial charge on any atom is -0.395 e. The molecule has 0 amide bonds. The lowest BCUT2D eigenvalue weighted by atomic mass is 10.2. The molecule has 88 valence electrons. The van der Waals surface area contributed by atoms with E-state index in [0.29, 0.717) is 12.6 Å². The Morgan fingerprint density at radius 1 is 1.13 bits per heavy atom. The monoisotopic (exact) mass is 214 g/mol. The Morgan fingerprint density at radius 2 is 1.93 bits per heavy atom. The Hall–Kier alpha value is -0.160. The molecule has 2 saturated heterocycles. The lowest BCUT2D eigenvalue weighted by molar-refractivity contribution is 0.0311. The molecule has 2 fully saturated rings. The van der Waals surface area contributed by atoms with Gasteiger partial charge in [0.05, 0.1) is 19.8 Å². The molecule has 15 heavy (non-hydrogen) atoms. The van der Waals surface area contributed by atoms with Crippen LogP contribution in [-0.4, -0.2) is 73.5 Å². The number of ether oxygens (including phenoxy) is 1. The molecule has 4 heteroatoms. The number of hydrogen-bond donors (Lipinski definition) is 1. The molecule has 1 N–H and O–H groups in total. The summed E-state index contributed by atoms with van der Waals surface area (Å²) in [5.41, 5.74) is 0. The van der Waals surface area contributed by atoms with Crippen molar-refractivity contribution in [3.05, 3.63) is 0 Å². The van der Waals surface area contributed by atoms with Gasteiger partial charge < -0.3 is 9.84 Å². The zero-order valence-corrected chi connectivity index (χ0v) is 9.40. The summed E-state index contributed by atoms with van der Waals surface area (Å²) in [4.78, 5) is 4.88. The Balaban J connectivity index is 1.67. The summed E-state index contributed by atoms with van der Waals surface area (Å²) in [5, 5.41) is 9.20. The lowest BCUT2D eigenvalue weighted by Gasteiger charge is -2.30. The predicted molar refractivity (Wildman–Crippen MR) is 58.9 cm³/mol. The van der Waals surface area contributed by atoms with Crippen molar-refractivity contribution in [1.82, 2.24) is 9.80 Å². The first-order valence-corrected chi connectivity index (χ1v) is 6.05. The van der Waals surface area contributed by atoms with Gasteiger partial charge in [0.2, 0.25) is 0 Å². The van der Waals surface area contributed by atoms with Crippen molar-refractivity contribution in [2.24, 2.45) is 0 Å². The molecule has 2 heterocycles. The highest BCUT2D eigenvalue weighted by Gasteiger charge is 2.23. The number of aliphatic hydroxyl groups excluding tert-OH is 1. The molecule has 2 aliphatic heterocycles. The third-order valence-electron chi connectivity index (χ3n) is 3.52. The average molecular weight is 214 g/mol. The van der Waals surface area contributed by atoms with Crippen molar-refractivity contribution in [1.29, 1.82) is 0 Å². The fourth-order valence-corrected chi connectivity index (χ4v) is 2.49. The summed E-state index contributed by atoms with van der Waals surface area (Å²) in [6.45, 7) is 7.60. The second-order valence-corrected chi connectivity index (χ2v) is 4.47. The van der Waals surface area contributed by atoms with Crippen molar-refractivity contribution in [3.63, 3.8) is 0 Å². The predicted octanol–water partition coefficient (Wildman–Crippen LogP) is -0.225. The summed E-state index contributed by atoms with van der Waals surface area (Å²) in [6, 6.07) is 0.422. The largest absolute Gasteiger partial charge is 0.395 e. The van der Waals surface area contributed by atoms with E-state index in [0.717, 1.165) is 45.9 Å². The highest BCUT2D eigenvalue weighted by molar-refractivity contribution is 4.79. The summed E-state index contributed by atoms with van der Waals surface area (Å²) in [5.74, 6) is 0. The van der Waals surface area contributed by atoms with Gasteiger partial charge in [-0.2, -0.15) is 0 Å². The molecular weight excluding hydrogens is 192 g/mol. The van der Waals surface area contributed by atoms with E-state index in [1.807, 2.05) is 0 Å². The third kappa shape index (κ3) is 3.14. The Morgan fingerprint density at radius 3 is 2.67 bits per heavy atom. The minimum atomic E-state index is 0.323. The highest BCUT2D eigenvalue weighted by atomic mass is 16.5. The third-order valence-corrected chi connectivity index (χ3v) is 3.52.